The average Bonchev–Trinajstić information content (AvgIpc) is 3.14. The summed E-state index contributed by atoms with van der Waals surface area (Å²) in [6.45, 7) is 2.01. The molecule has 24 heavy (non-hydrogen) atoms. The second-order valence-electron chi connectivity index (χ2n) is 6.56. The Bertz CT molecular complexity index is 576. The molecular weight excluding hydrogens is 302 g/mol. The van der Waals surface area contributed by atoms with Gasteiger partial charge in [0.15, 0.2) is 0 Å². The quantitative estimate of drug-likeness (QED) is 0.773. The van der Waals surface area contributed by atoms with Gasteiger partial charge in [0.25, 0.3) is 5.91 Å². The van der Waals surface area contributed by atoms with Gasteiger partial charge in [-0.2, -0.15) is 0 Å². The molecule has 2 aliphatic rings. The number of allylic oxidation sites excluding steroid dienone is 1. The maximum absolute atomic E-state index is 12.5. The highest BCUT2D eigenvalue weighted by Gasteiger charge is 2.18. The van der Waals surface area contributed by atoms with E-state index in [1.165, 1.54) is 31.3 Å². The van der Waals surface area contributed by atoms with Crippen LogP contribution < -0.4 is 10.1 Å². The number of carbonyl (C=O) groups excluding carboxylic acids is 1. The molecule has 4 nitrogen and oxygen atoms in total. The second-order valence-corrected chi connectivity index (χ2v) is 6.56. The molecule has 1 heterocycles. The first-order valence-corrected chi connectivity index (χ1v) is 9.12. The standard InChI is InChI=1S/C20H27NO3/c22-20(21-13-12-16-7-2-1-3-8-16)18-10-4-5-11-19(18)24-15-17-9-6-14-23-17/h4-5,7,10-11,17H,1-3,6,8-9,12-15H2,(H,21,22)/t17-/m0/s1. The van der Waals surface area contributed by atoms with E-state index in [0.29, 0.717) is 24.5 Å². The van der Waals surface area contributed by atoms with Crippen LogP contribution in [0.1, 0.15) is 55.3 Å². The van der Waals surface area contributed by atoms with Gasteiger partial charge < -0.3 is 14.8 Å². The lowest BCUT2D eigenvalue weighted by Gasteiger charge is -2.15. The Hall–Kier alpha value is -1.81. The van der Waals surface area contributed by atoms with Gasteiger partial charge in [-0.25, -0.2) is 0 Å². The molecule has 3 rings (SSSR count). The fraction of sp³-hybridized carbons (Fsp3) is 0.550. The highest BCUT2D eigenvalue weighted by Crippen LogP contribution is 2.21. The summed E-state index contributed by atoms with van der Waals surface area (Å²) in [5.41, 5.74) is 2.08. The van der Waals surface area contributed by atoms with Crippen molar-refractivity contribution in [2.45, 2.75) is 51.0 Å². The first-order valence-electron chi connectivity index (χ1n) is 9.12. The molecule has 1 aromatic rings. The number of ether oxygens (including phenoxy) is 2. The van der Waals surface area contributed by atoms with Gasteiger partial charge >= 0.3 is 0 Å². The van der Waals surface area contributed by atoms with Gasteiger partial charge in [-0.05, 0) is 57.1 Å². The van der Waals surface area contributed by atoms with Gasteiger partial charge in [0.05, 0.1) is 11.7 Å². The monoisotopic (exact) mass is 329 g/mol. The van der Waals surface area contributed by atoms with Crippen LogP contribution in [-0.4, -0.2) is 31.8 Å². The largest absolute Gasteiger partial charge is 0.490 e. The van der Waals surface area contributed by atoms with E-state index in [1.54, 1.807) is 0 Å². The van der Waals surface area contributed by atoms with Crippen molar-refractivity contribution in [2.24, 2.45) is 0 Å². The molecule has 1 fully saturated rings. The number of nitrogens with one attached hydrogen (secondary N) is 1. The maximum Gasteiger partial charge on any atom is 0.255 e. The van der Waals surface area contributed by atoms with E-state index in [4.69, 9.17) is 9.47 Å². The van der Waals surface area contributed by atoms with Crippen LogP contribution in [0.2, 0.25) is 0 Å². The Kier molecular flexibility index (Phi) is 6.30. The molecule has 0 radical (unpaired) electrons. The normalized spacial score (nSPS) is 20.5. The minimum absolute atomic E-state index is 0.0608. The van der Waals surface area contributed by atoms with Gasteiger partial charge in [0.2, 0.25) is 0 Å². The van der Waals surface area contributed by atoms with Crippen LogP contribution >= 0.6 is 0 Å². The second kappa shape index (κ2) is 8.88. The molecule has 1 N–H and O–H groups in total. The molecule has 4 heteroatoms. The molecule has 0 spiro atoms. The molecule has 130 valence electrons. The zero-order valence-electron chi connectivity index (χ0n) is 14.3. The lowest BCUT2D eigenvalue weighted by atomic mass is 9.97. The average molecular weight is 329 g/mol. The number of carbonyl (C=O) groups is 1. The number of amides is 1. The smallest absolute Gasteiger partial charge is 0.255 e. The van der Waals surface area contributed by atoms with Gasteiger partial charge in [0.1, 0.15) is 12.4 Å². The zero-order valence-corrected chi connectivity index (χ0v) is 14.3. The number of hydrogen-bond donors (Lipinski definition) is 1. The SMILES string of the molecule is O=C(NCCC1=CCCCC1)c1ccccc1OC[C@@H]1CCCO1. The van der Waals surface area contributed by atoms with Crippen LogP contribution in [-0.2, 0) is 4.74 Å². The molecule has 1 aromatic carbocycles. The van der Waals surface area contributed by atoms with E-state index in [2.05, 4.69) is 11.4 Å². The number of hydrogen-bond acceptors (Lipinski definition) is 3. The van der Waals surface area contributed by atoms with Crippen molar-refractivity contribution in [3.63, 3.8) is 0 Å². The molecule has 1 atom stereocenters. The van der Waals surface area contributed by atoms with Crippen molar-refractivity contribution in [3.8, 4) is 5.75 Å². The summed E-state index contributed by atoms with van der Waals surface area (Å²) in [7, 11) is 0. The number of rotatable bonds is 7. The van der Waals surface area contributed by atoms with Crippen LogP contribution in [0.15, 0.2) is 35.9 Å². The van der Waals surface area contributed by atoms with Crippen LogP contribution in [0.3, 0.4) is 0 Å². The fourth-order valence-electron chi connectivity index (χ4n) is 3.30. The summed E-state index contributed by atoms with van der Waals surface area (Å²) < 4.78 is 11.4. The van der Waals surface area contributed by atoms with Crippen molar-refractivity contribution in [3.05, 3.63) is 41.5 Å². The molecule has 1 saturated heterocycles. The third kappa shape index (κ3) is 4.84. The first kappa shape index (κ1) is 17.0. The van der Waals surface area contributed by atoms with E-state index in [9.17, 15) is 4.79 Å². The van der Waals surface area contributed by atoms with Gasteiger partial charge in [-0.15, -0.1) is 0 Å². The number of benzene rings is 1. The Balaban J connectivity index is 1.50. The summed E-state index contributed by atoms with van der Waals surface area (Å²) in [6.07, 6.45) is 10.5. The van der Waals surface area contributed by atoms with Crippen molar-refractivity contribution >= 4 is 5.91 Å². The van der Waals surface area contributed by atoms with E-state index in [1.807, 2.05) is 24.3 Å². The van der Waals surface area contributed by atoms with E-state index >= 15 is 0 Å². The molecule has 1 aliphatic carbocycles. The molecule has 0 saturated carbocycles. The van der Waals surface area contributed by atoms with Gasteiger partial charge in [0, 0.05) is 13.2 Å². The summed E-state index contributed by atoms with van der Waals surface area (Å²) in [5, 5.41) is 3.02. The molecule has 0 bridgehead atoms. The van der Waals surface area contributed by atoms with Crippen LogP contribution in [0.4, 0.5) is 0 Å². The third-order valence-electron chi connectivity index (χ3n) is 4.70. The molecular formula is C20H27NO3. The van der Waals surface area contributed by atoms with E-state index in [0.717, 1.165) is 25.9 Å². The Morgan fingerprint density at radius 2 is 2.17 bits per heavy atom. The topological polar surface area (TPSA) is 47.6 Å². The number of para-hydroxylation sites is 1. The molecule has 0 unspecified atom stereocenters. The zero-order chi connectivity index (χ0) is 16.6. The Morgan fingerprint density at radius 3 is 2.96 bits per heavy atom. The molecule has 1 aliphatic heterocycles. The lowest BCUT2D eigenvalue weighted by Crippen LogP contribution is -2.26. The summed E-state index contributed by atoms with van der Waals surface area (Å²) in [4.78, 5) is 12.5. The third-order valence-corrected chi connectivity index (χ3v) is 4.70. The first-order chi connectivity index (χ1) is 11.8. The highest BCUT2D eigenvalue weighted by molar-refractivity contribution is 5.96. The fourth-order valence-corrected chi connectivity index (χ4v) is 3.30. The predicted molar refractivity (Wildman–Crippen MR) is 94.4 cm³/mol. The minimum Gasteiger partial charge on any atom is -0.490 e. The lowest BCUT2D eigenvalue weighted by molar-refractivity contribution is 0.0670. The van der Waals surface area contributed by atoms with Crippen molar-refractivity contribution in [2.75, 3.05) is 19.8 Å². The van der Waals surface area contributed by atoms with Crippen LogP contribution in [0.5, 0.6) is 5.75 Å². The maximum atomic E-state index is 12.5. The van der Waals surface area contributed by atoms with E-state index in [-0.39, 0.29) is 12.0 Å². The van der Waals surface area contributed by atoms with Gasteiger partial charge in [-0.1, -0.05) is 23.8 Å². The van der Waals surface area contributed by atoms with E-state index < -0.39 is 0 Å². The van der Waals surface area contributed by atoms with Crippen LogP contribution in [0.25, 0.3) is 0 Å². The Labute approximate surface area is 144 Å². The summed E-state index contributed by atoms with van der Waals surface area (Å²) in [5.74, 6) is 0.580. The molecule has 1 amide bonds. The molecule has 0 aromatic heterocycles. The van der Waals surface area contributed by atoms with Gasteiger partial charge in [-0.3, -0.25) is 4.79 Å². The summed E-state index contributed by atoms with van der Waals surface area (Å²) >= 11 is 0. The van der Waals surface area contributed by atoms with Crippen molar-refractivity contribution in [1.82, 2.24) is 5.32 Å². The van der Waals surface area contributed by atoms with Crippen LogP contribution in [0, 0.1) is 0 Å². The summed E-state index contributed by atoms with van der Waals surface area (Å²) in [6, 6.07) is 7.44. The minimum atomic E-state index is -0.0608. The Morgan fingerprint density at radius 1 is 1.25 bits per heavy atom. The highest BCUT2D eigenvalue weighted by atomic mass is 16.5. The van der Waals surface area contributed by atoms with Crippen molar-refractivity contribution in [1.29, 1.82) is 0 Å². The predicted octanol–water partition coefficient (Wildman–Crippen LogP) is 3.86. The van der Waals surface area contributed by atoms with Crippen molar-refractivity contribution < 1.29 is 14.3 Å².